The van der Waals surface area contributed by atoms with Crippen LogP contribution in [-0.2, 0) is 16.1 Å². The maximum atomic E-state index is 12.5. The Hall–Kier alpha value is -1.79. The van der Waals surface area contributed by atoms with Crippen molar-refractivity contribution >= 4 is 23.5 Å². The fourth-order valence-electron chi connectivity index (χ4n) is 3.22. The summed E-state index contributed by atoms with van der Waals surface area (Å²) in [7, 11) is 3.94. The number of amides is 1. The van der Waals surface area contributed by atoms with Crippen LogP contribution in [0.25, 0.3) is 0 Å². The Bertz CT molecular complexity index is 636. The summed E-state index contributed by atoms with van der Waals surface area (Å²) in [6, 6.07) is 5.31. The number of hydrogen-bond donors (Lipinski definition) is 2. The lowest BCUT2D eigenvalue weighted by Crippen LogP contribution is -2.39. The van der Waals surface area contributed by atoms with E-state index in [1.165, 1.54) is 0 Å². The lowest BCUT2D eigenvalue weighted by Gasteiger charge is -2.27. The van der Waals surface area contributed by atoms with Gasteiger partial charge >= 0.3 is 5.97 Å². The van der Waals surface area contributed by atoms with E-state index in [9.17, 15) is 14.7 Å². The zero-order valence-corrected chi connectivity index (χ0v) is 16.1. The number of carbonyl (C=O) groups is 2. The molecule has 0 aliphatic heterocycles. The number of ether oxygens (including phenoxy) is 1. The Balaban J connectivity index is 1.99. The molecule has 26 heavy (non-hydrogen) atoms. The van der Waals surface area contributed by atoms with Gasteiger partial charge in [0.25, 0.3) is 0 Å². The number of nitrogens with zero attached hydrogens (tertiary/aromatic N) is 1. The first-order valence-electron chi connectivity index (χ1n) is 8.95. The number of likely N-dealkylation sites (N-methyl/N-ethyl adjacent to an activating group) is 1. The summed E-state index contributed by atoms with van der Waals surface area (Å²) < 4.78 is 5.79. The summed E-state index contributed by atoms with van der Waals surface area (Å²) in [5.74, 6) is -1.50. The lowest BCUT2D eigenvalue weighted by atomic mass is 9.78. The highest BCUT2D eigenvalue weighted by Gasteiger charge is 2.35. The number of carbonyl (C=O) groups excluding carboxylic acids is 1. The molecular weight excluding hydrogens is 356 g/mol. The normalized spacial score (nSPS) is 20.0. The maximum Gasteiger partial charge on any atom is 0.307 e. The molecule has 1 saturated carbocycles. The molecule has 1 aromatic carbocycles. The van der Waals surface area contributed by atoms with Crippen molar-refractivity contribution in [3.05, 3.63) is 28.8 Å². The second-order valence-corrected chi connectivity index (χ2v) is 7.39. The molecule has 0 radical (unpaired) electrons. The van der Waals surface area contributed by atoms with Crippen LogP contribution < -0.4 is 10.1 Å². The van der Waals surface area contributed by atoms with Crippen molar-refractivity contribution in [1.82, 2.24) is 10.2 Å². The van der Waals surface area contributed by atoms with Gasteiger partial charge in [0.15, 0.2) is 0 Å². The second kappa shape index (κ2) is 9.78. The molecule has 1 aromatic rings. The molecule has 2 rings (SSSR count). The van der Waals surface area contributed by atoms with E-state index in [0.717, 1.165) is 24.9 Å². The van der Waals surface area contributed by atoms with Crippen molar-refractivity contribution in [3.8, 4) is 5.75 Å². The molecule has 0 saturated heterocycles. The number of aliphatic carboxylic acids is 1. The summed E-state index contributed by atoms with van der Waals surface area (Å²) in [5.41, 5.74) is 0.785. The van der Waals surface area contributed by atoms with Crippen LogP contribution in [-0.4, -0.2) is 49.1 Å². The highest BCUT2D eigenvalue weighted by atomic mass is 35.5. The molecule has 2 unspecified atom stereocenters. The van der Waals surface area contributed by atoms with Gasteiger partial charge in [-0.2, -0.15) is 0 Å². The molecule has 1 fully saturated rings. The van der Waals surface area contributed by atoms with Crippen LogP contribution >= 0.6 is 11.6 Å². The molecule has 0 spiro atoms. The van der Waals surface area contributed by atoms with Crippen molar-refractivity contribution in [2.24, 2.45) is 11.8 Å². The predicted octanol–water partition coefficient (Wildman–Crippen LogP) is 2.79. The first-order chi connectivity index (χ1) is 12.4. The van der Waals surface area contributed by atoms with E-state index >= 15 is 0 Å². The summed E-state index contributed by atoms with van der Waals surface area (Å²) >= 11 is 6.08. The zero-order chi connectivity index (χ0) is 19.1. The van der Waals surface area contributed by atoms with Crippen LogP contribution in [0.4, 0.5) is 0 Å². The van der Waals surface area contributed by atoms with E-state index < -0.39 is 17.8 Å². The van der Waals surface area contributed by atoms with Gasteiger partial charge in [-0.25, -0.2) is 0 Å². The Morgan fingerprint density at radius 3 is 2.62 bits per heavy atom. The molecule has 1 amide bonds. The van der Waals surface area contributed by atoms with Crippen LogP contribution in [0, 0.1) is 11.8 Å². The number of hydrogen-bond acceptors (Lipinski definition) is 4. The Morgan fingerprint density at radius 2 is 1.96 bits per heavy atom. The van der Waals surface area contributed by atoms with E-state index in [1.54, 1.807) is 18.2 Å². The smallest absolute Gasteiger partial charge is 0.307 e. The zero-order valence-electron chi connectivity index (χ0n) is 15.3. The number of benzene rings is 1. The minimum absolute atomic E-state index is 0.212. The standard InChI is InChI=1S/C19H27ClN2O4/c1-22(2)9-10-26-17-8-7-14(20)11-13(17)12-21-18(23)15-5-3-4-6-16(15)19(24)25/h7-8,11,15-16H,3-6,9-10,12H2,1-2H3,(H,21,23)(H,24,25). The summed E-state index contributed by atoms with van der Waals surface area (Å²) in [6.45, 7) is 1.57. The van der Waals surface area contributed by atoms with Crippen LogP contribution in [0.3, 0.4) is 0 Å². The fourth-order valence-corrected chi connectivity index (χ4v) is 3.41. The van der Waals surface area contributed by atoms with Crippen molar-refractivity contribution in [2.75, 3.05) is 27.2 Å². The van der Waals surface area contributed by atoms with Gasteiger partial charge in [-0.05, 0) is 45.1 Å². The molecule has 1 aliphatic carbocycles. The van der Waals surface area contributed by atoms with Gasteiger partial charge in [0, 0.05) is 23.7 Å². The predicted molar refractivity (Wildman–Crippen MR) is 100 cm³/mol. The van der Waals surface area contributed by atoms with E-state index in [-0.39, 0.29) is 12.5 Å². The average Bonchev–Trinajstić information content (AvgIpc) is 2.60. The van der Waals surface area contributed by atoms with Gasteiger partial charge < -0.3 is 20.1 Å². The third kappa shape index (κ3) is 5.88. The molecule has 7 heteroatoms. The highest BCUT2D eigenvalue weighted by Crippen LogP contribution is 2.31. The minimum atomic E-state index is -0.889. The van der Waals surface area contributed by atoms with Gasteiger partial charge in [-0.1, -0.05) is 24.4 Å². The van der Waals surface area contributed by atoms with E-state index in [0.29, 0.717) is 30.2 Å². The van der Waals surface area contributed by atoms with Crippen LogP contribution in [0.5, 0.6) is 5.75 Å². The number of rotatable bonds is 8. The summed E-state index contributed by atoms with van der Waals surface area (Å²) in [4.78, 5) is 25.9. The van der Waals surface area contributed by atoms with Crippen molar-refractivity contribution in [1.29, 1.82) is 0 Å². The van der Waals surface area contributed by atoms with Crippen LogP contribution in [0.2, 0.25) is 5.02 Å². The fraction of sp³-hybridized carbons (Fsp3) is 0.579. The number of carboxylic acid groups (broad SMARTS) is 1. The molecular formula is C19H27ClN2O4. The first kappa shape index (κ1) is 20.5. The lowest BCUT2D eigenvalue weighted by molar-refractivity contribution is -0.148. The van der Waals surface area contributed by atoms with Gasteiger partial charge in [-0.3, -0.25) is 9.59 Å². The summed E-state index contributed by atoms with van der Waals surface area (Å²) in [5, 5.41) is 12.8. The third-order valence-electron chi connectivity index (χ3n) is 4.69. The monoisotopic (exact) mass is 382 g/mol. The topological polar surface area (TPSA) is 78.9 Å². The van der Waals surface area contributed by atoms with Gasteiger partial charge in [-0.15, -0.1) is 0 Å². The van der Waals surface area contributed by atoms with Gasteiger partial charge in [0.1, 0.15) is 12.4 Å². The molecule has 144 valence electrons. The van der Waals surface area contributed by atoms with E-state index in [2.05, 4.69) is 5.32 Å². The molecule has 1 aliphatic rings. The molecule has 2 N–H and O–H groups in total. The number of carboxylic acids is 1. The second-order valence-electron chi connectivity index (χ2n) is 6.96. The van der Waals surface area contributed by atoms with E-state index in [1.807, 2.05) is 19.0 Å². The van der Waals surface area contributed by atoms with Gasteiger partial charge in [0.05, 0.1) is 11.8 Å². The van der Waals surface area contributed by atoms with Crippen molar-refractivity contribution < 1.29 is 19.4 Å². The Kier molecular flexibility index (Phi) is 7.72. The largest absolute Gasteiger partial charge is 0.492 e. The first-order valence-corrected chi connectivity index (χ1v) is 9.32. The quantitative estimate of drug-likeness (QED) is 0.722. The number of halogens is 1. The molecule has 0 aromatic heterocycles. The van der Waals surface area contributed by atoms with Crippen LogP contribution in [0.1, 0.15) is 31.2 Å². The molecule has 0 heterocycles. The highest BCUT2D eigenvalue weighted by molar-refractivity contribution is 6.30. The summed E-state index contributed by atoms with van der Waals surface area (Å²) in [6.07, 6.45) is 2.92. The molecule has 2 atom stereocenters. The van der Waals surface area contributed by atoms with Crippen LogP contribution in [0.15, 0.2) is 18.2 Å². The average molecular weight is 383 g/mol. The van der Waals surface area contributed by atoms with Gasteiger partial charge in [0.2, 0.25) is 5.91 Å². The van der Waals surface area contributed by atoms with E-state index in [4.69, 9.17) is 16.3 Å². The third-order valence-corrected chi connectivity index (χ3v) is 4.93. The SMILES string of the molecule is CN(C)CCOc1ccc(Cl)cc1CNC(=O)C1CCCCC1C(=O)O. The van der Waals surface area contributed by atoms with Crippen molar-refractivity contribution in [2.45, 2.75) is 32.2 Å². The molecule has 0 bridgehead atoms. The number of nitrogens with one attached hydrogen (secondary N) is 1. The minimum Gasteiger partial charge on any atom is -0.492 e. The Morgan fingerprint density at radius 1 is 1.27 bits per heavy atom. The van der Waals surface area contributed by atoms with Crippen molar-refractivity contribution in [3.63, 3.8) is 0 Å². The molecule has 6 nitrogen and oxygen atoms in total. The Labute approximate surface area is 159 Å². The maximum absolute atomic E-state index is 12.5.